The van der Waals surface area contributed by atoms with E-state index in [1.54, 1.807) is 7.05 Å². The molecule has 4 heteroatoms. The first-order chi connectivity index (χ1) is 5.46. The van der Waals surface area contributed by atoms with E-state index in [0.29, 0.717) is 6.54 Å². The van der Waals surface area contributed by atoms with Gasteiger partial charge in [-0.3, -0.25) is 0 Å². The van der Waals surface area contributed by atoms with E-state index in [0.717, 1.165) is 0 Å². The second-order valence-corrected chi connectivity index (χ2v) is 3.27. The Morgan fingerprint density at radius 2 is 1.83 bits per heavy atom. The summed E-state index contributed by atoms with van der Waals surface area (Å²) in [5.74, 6) is -4.08. The summed E-state index contributed by atoms with van der Waals surface area (Å²) >= 11 is 0. The topological polar surface area (TPSA) is 38.0 Å². The van der Waals surface area contributed by atoms with E-state index < -0.39 is 17.8 Å². The lowest BCUT2D eigenvalue weighted by atomic mass is 9.92. The highest BCUT2D eigenvalue weighted by Crippen LogP contribution is 2.31. The molecule has 0 aliphatic heterocycles. The fourth-order valence-corrected chi connectivity index (χ4v) is 1.09. The molecule has 3 N–H and O–H groups in total. The van der Waals surface area contributed by atoms with E-state index in [1.807, 2.05) is 0 Å². The molecule has 0 heterocycles. The minimum absolute atomic E-state index is 0.0288. The molecule has 0 spiro atoms. The molecule has 0 radical (unpaired) electrons. The van der Waals surface area contributed by atoms with Crippen LogP contribution in [-0.2, 0) is 0 Å². The summed E-state index contributed by atoms with van der Waals surface area (Å²) in [5, 5.41) is 2.73. The molecule has 0 aromatic rings. The Morgan fingerprint density at radius 1 is 1.33 bits per heavy atom. The summed E-state index contributed by atoms with van der Waals surface area (Å²) in [7, 11) is 1.67. The third-order valence-electron chi connectivity index (χ3n) is 2.18. The highest BCUT2D eigenvalue weighted by atomic mass is 19.3. The molecule has 0 aliphatic rings. The minimum Gasteiger partial charge on any atom is -0.330 e. The molecular weight excluding hydrogens is 162 g/mol. The lowest BCUT2D eigenvalue weighted by Gasteiger charge is -2.28. The van der Waals surface area contributed by atoms with Crippen LogP contribution < -0.4 is 11.1 Å². The van der Waals surface area contributed by atoms with Gasteiger partial charge in [0.15, 0.2) is 0 Å². The van der Waals surface area contributed by atoms with Gasteiger partial charge < -0.3 is 11.1 Å². The maximum absolute atomic E-state index is 13.3. The average molecular weight is 180 g/mol. The predicted molar refractivity (Wildman–Crippen MR) is 46.3 cm³/mol. The van der Waals surface area contributed by atoms with Gasteiger partial charge >= 0.3 is 0 Å². The molecule has 0 fully saturated rings. The van der Waals surface area contributed by atoms with E-state index in [4.69, 9.17) is 5.73 Å². The molecule has 0 saturated heterocycles. The zero-order valence-electron chi connectivity index (χ0n) is 7.90. The second kappa shape index (κ2) is 4.72. The monoisotopic (exact) mass is 180 g/mol. The minimum atomic E-state index is -2.67. The summed E-state index contributed by atoms with van der Waals surface area (Å²) in [6, 6.07) is 0. The molecule has 0 aliphatic carbocycles. The average Bonchev–Trinajstić information content (AvgIpc) is 2.03. The van der Waals surface area contributed by atoms with Crippen molar-refractivity contribution in [3.05, 3.63) is 0 Å². The number of hydrogen-bond acceptors (Lipinski definition) is 2. The summed E-state index contributed by atoms with van der Waals surface area (Å²) in [4.78, 5) is 0. The van der Waals surface area contributed by atoms with Gasteiger partial charge in [-0.1, -0.05) is 13.8 Å². The molecule has 2 atom stereocenters. The highest BCUT2D eigenvalue weighted by molar-refractivity contribution is 4.80. The molecule has 0 amide bonds. The van der Waals surface area contributed by atoms with Crippen LogP contribution >= 0.6 is 0 Å². The van der Waals surface area contributed by atoms with Crippen molar-refractivity contribution in [2.24, 2.45) is 17.6 Å². The molecule has 0 rings (SSSR count). The first-order valence-electron chi connectivity index (χ1n) is 4.19. The molecule has 0 bridgehead atoms. The van der Waals surface area contributed by atoms with Crippen LogP contribution in [0.4, 0.5) is 8.78 Å². The fraction of sp³-hybridized carbons (Fsp3) is 1.00. The van der Waals surface area contributed by atoms with Crippen LogP contribution in [0.2, 0.25) is 0 Å². The molecule has 2 unspecified atom stereocenters. The molecule has 74 valence electrons. The Labute approximate surface area is 72.5 Å². The maximum Gasteiger partial charge on any atom is 0.255 e. The van der Waals surface area contributed by atoms with Crippen molar-refractivity contribution in [3.63, 3.8) is 0 Å². The van der Waals surface area contributed by atoms with Gasteiger partial charge in [-0.15, -0.1) is 0 Å². The lowest BCUT2D eigenvalue weighted by molar-refractivity contribution is -0.0930. The molecule has 2 nitrogen and oxygen atoms in total. The zero-order chi connectivity index (χ0) is 9.78. The second-order valence-electron chi connectivity index (χ2n) is 3.27. The van der Waals surface area contributed by atoms with Gasteiger partial charge in [-0.25, -0.2) is 8.78 Å². The molecule has 12 heavy (non-hydrogen) atoms. The summed E-state index contributed by atoms with van der Waals surface area (Å²) in [6.07, 6.45) is 0. The smallest absolute Gasteiger partial charge is 0.255 e. The van der Waals surface area contributed by atoms with Crippen molar-refractivity contribution in [3.8, 4) is 0 Å². The van der Waals surface area contributed by atoms with Gasteiger partial charge in [0.25, 0.3) is 5.92 Å². The first-order valence-corrected chi connectivity index (χ1v) is 4.19. The van der Waals surface area contributed by atoms with Crippen LogP contribution in [0.15, 0.2) is 0 Å². The SMILES string of the molecule is CNCC(C)C(F)(F)C(C)CN. The van der Waals surface area contributed by atoms with Gasteiger partial charge in [0.2, 0.25) is 0 Å². The predicted octanol–water partition coefficient (Wildman–Crippen LogP) is 1.07. The highest BCUT2D eigenvalue weighted by Gasteiger charge is 2.40. The lowest BCUT2D eigenvalue weighted by Crippen LogP contribution is -2.41. The van der Waals surface area contributed by atoms with Gasteiger partial charge in [-0.05, 0) is 7.05 Å². The third kappa shape index (κ3) is 2.68. The number of nitrogens with one attached hydrogen (secondary N) is 1. The van der Waals surface area contributed by atoms with Crippen LogP contribution in [0.5, 0.6) is 0 Å². The number of hydrogen-bond donors (Lipinski definition) is 2. The maximum atomic E-state index is 13.3. The quantitative estimate of drug-likeness (QED) is 0.664. The summed E-state index contributed by atoms with van der Waals surface area (Å²) < 4.78 is 26.6. The Morgan fingerprint density at radius 3 is 2.17 bits per heavy atom. The van der Waals surface area contributed by atoms with Crippen LogP contribution in [0.25, 0.3) is 0 Å². The molecule has 0 saturated carbocycles. The van der Waals surface area contributed by atoms with E-state index in [1.165, 1.54) is 13.8 Å². The fourth-order valence-electron chi connectivity index (χ4n) is 1.09. The van der Waals surface area contributed by atoms with Gasteiger partial charge in [-0.2, -0.15) is 0 Å². The molecule has 0 aromatic carbocycles. The van der Waals surface area contributed by atoms with Gasteiger partial charge in [0.1, 0.15) is 0 Å². The summed E-state index contributed by atoms with van der Waals surface area (Å²) in [6.45, 7) is 3.35. The Balaban J connectivity index is 4.16. The van der Waals surface area contributed by atoms with Crippen LogP contribution in [0, 0.1) is 11.8 Å². The summed E-state index contributed by atoms with van der Waals surface area (Å²) in [5.41, 5.74) is 5.19. The molecule has 0 aromatic heterocycles. The van der Waals surface area contributed by atoms with Gasteiger partial charge in [0.05, 0.1) is 0 Å². The molecular formula is C8H18F2N2. The zero-order valence-corrected chi connectivity index (χ0v) is 7.90. The third-order valence-corrected chi connectivity index (χ3v) is 2.18. The normalized spacial score (nSPS) is 17.5. The van der Waals surface area contributed by atoms with Crippen molar-refractivity contribution >= 4 is 0 Å². The van der Waals surface area contributed by atoms with Crippen LogP contribution in [0.1, 0.15) is 13.8 Å². The van der Waals surface area contributed by atoms with Crippen LogP contribution in [-0.4, -0.2) is 26.1 Å². The Hall–Kier alpha value is -0.220. The Bertz CT molecular complexity index is 128. The van der Waals surface area contributed by atoms with Gasteiger partial charge in [0, 0.05) is 24.9 Å². The number of halogens is 2. The Kier molecular flexibility index (Phi) is 4.63. The van der Waals surface area contributed by atoms with Crippen molar-refractivity contribution < 1.29 is 8.78 Å². The number of rotatable bonds is 5. The van der Waals surface area contributed by atoms with E-state index in [2.05, 4.69) is 5.32 Å². The van der Waals surface area contributed by atoms with E-state index in [-0.39, 0.29) is 6.54 Å². The van der Waals surface area contributed by atoms with Crippen molar-refractivity contribution in [1.82, 2.24) is 5.32 Å². The largest absolute Gasteiger partial charge is 0.330 e. The van der Waals surface area contributed by atoms with Crippen molar-refractivity contribution in [2.75, 3.05) is 20.1 Å². The first kappa shape index (κ1) is 11.8. The number of alkyl halides is 2. The van der Waals surface area contributed by atoms with Crippen molar-refractivity contribution in [2.45, 2.75) is 19.8 Å². The van der Waals surface area contributed by atoms with Crippen molar-refractivity contribution in [1.29, 1.82) is 0 Å². The van der Waals surface area contributed by atoms with Crippen LogP contribution in [0.3, 0.4) is 0 Å². The van der Waals surface area contributed by atoms with E-state index in [9.17, 15) is 8.78 Å². The standard InChI is InChI=1S/C8H18F2N2/c1-6(4-11)8(9,10)7(2)5-12-3/h6-7,12H,4-5,11H2,1-3H3. The van der Waals surface area contributed by atoms with E-state index >= 15 is 0 Å². The number of nitrogens with two attached hydrogens (primary N) is 1.